The van der Waals surface area contributed by atoms with Crippen LogP contribution in [0.3, 0.4) is 0 Å². The summed E-state index contributed by atoms with van der Waals surface area (Å²) in [5, 5.41) is 12.2. The Morgan fingerprint density at radius 2 is 1.94 bits per heavy atom. The predicted molar refractivity (Wildman–Crippen MR) is 131 cm³/mol. The molecule has 3 N–H and O–H groups in total. The monoisotopic (exact) mass is 477 g/mol. The van der Waals surface area contributed by atoms with Crippen molar-refractivity contribution >= 4 is 22.8 Å². The number of aromatic nitrogens is 3. The van der Waals surface area contributed by atoms with E-state index in [-0.39, 0.29) is 17.9 Å². The Balaban J connectivity index is 1.41. The van der Waals surface area contributed by atoms with E-state index in [1.165, 1.54) is 19.2 Å². The summed E-state index contributed by atoms with van der Waals surface area (Å²) in [7, 11) is 0. The summed E-state index contributed by atoms with van der Waals surface area (Å²) < 4.78 is 6.14. The molecule has 1 aliphatic heterocycles. The summed E-state index contributed by atoms with van der Waals surface area (Å²) in [4.78, 5) is 39.0. The van der Waals surface area contributed by atoms with E-state index in [0.29, 0.717) is 60.7 Å². The number of likely N-dealkylation sites (tertiary alicyclic amines) is 1. The molecule has 2 aliphatic rings. The number of piperidine rings is 1. The third-order valence-electron chi connectivity index (χ3n) is 6.88. The lowest BCUT2D eigenvalue weighted by Crippen LogP contribution is -2.47. The predicted octanol–water partition coefficient (Wildman–Crippen LogP) is 2.74. The highest BCUT2D eigenvalue weighted by atomic mass is 16.5. The maximum absolute atomic E-state index is 13.3. The van der Waals surface area contributed by atoms with Crippen molar-refractivity contribution in [1.29, 1.82) is 0 Å². The first-order chi connectivity index (χ1) is 16.9. The molecule has 2 amide bonds. The van der Waals surface area contributed by atoms with Crippen molar-refractivity contribution in [2.45, 2.75) is 45.6 Å². The van der Waals surface area contributed by atoms with Gasteiger partial charge < -0.3 is 25.0 Å². The molecule has 9 heteroatoms. The van der Waals surface area contributed by atoms with Gasteiger partial charge in [-0.3, -0.25) is 9.59 Å². The number of benzene rings is 1. The third-order valence-corrected chi connectivity index (χ3v) is 6.88. The molecule has 3 aromatic rings. The van der Waals surface area contributed by atoms with E-state index in [1.807, 2.05) is 26.0 Å². The van der Waals surface area contributed by atoms with Crippen LogP contribution in [0.15, 0.2) is 24.5 Å². The molecule has 0 radical (unpaired) electrons. The fourth-order valence-corrected chi connectivity index (χ4v) is 4.68. The average molecular weight is 478 g/mol. The first-order valence-electron chi connectivity index (χ1n) is 12.2. The molecule has 1 aliphatic carbocycles. The molecule has 5 rings (SSSR count). The van der Waals surface area contributed by atoms with Gasteiger partial charge in [-0.1, -0.05) is 11.6 Å². The van der Waals surface area contributed by atoms with Gasteiger partial charge in [-0.05, 0) is 57.6 Å². The molecule has 9 nitrogen and oxygen atoms in total. The lowest BCUT2D eigenvalue weighted by molar-refractivity contribution is -0.135. The van der Waals surface area contributed by atoms with Crippen molar-refractivity contribution in [1.82, 2.24) is 25.2 Å². The normalized spacial score (nSPS) is 16.5. The van der Waals surface area contributed by atoms with Crippen LogP contribution in [0.2, 0.25) is 0 Å². The van der Waals surface area contributed by atoms with Gasteiger partial charge in [0.15, 0.2) is 0 Å². The zero-order valence-electron chi connectivity index (χ0n) is 20.1. The summed E-state index contributed by atoms with van der Waals surface area (Å²) in [6.45, 7) is 5.14. The SMILES string of the molecule is Cc1ccc(OCC2CC2)c(-c2ncnc3c(C(=O)NC4CCN(C(=O)CO)CC4)c(C)[nH]c23)c1. The number of rotatable bonds is 7. The number of nitrogens with one attached hydrogen (secondary N) is 2. The second kappa shape index (κ2) is 9.65. The van der Waals surface area contributed by atoms with Crippen molar-refractivity contribution < 1.29 is 19.4 Å². The molecular weight excluding hydrogens is 446 g/mol. The molecule has 184 valence electrons. The Labute approximate surface area is 203 Å². The number of aliphatic hydroxyl groups is 1. The summed E-state index contributed by atoms with van der Waals surface area (Å²) >= 11 is 0. The van der Waals surface area contributed by atoms with Gasteiger partial charge in [0.05, 0.1) is 17.7 Å². The lowest BCUT2D eigenvalue weighted by atomic mass is 10.0. The van der Waals surface area contributed by atoms with Gasteiger partial charge in [0.2, 0.25) is 5.91 Å². The molecule has 2 fully saturated rings. The maximum atomic E-state index is 13.3. The standard InChI is InChI=1S/C26H31N5O4/c1-15-3-6-20(35-13-17-4-5-17)19(11-15)23-25-24(28-14-27-23)22(16(2)29-25)26(34)30-18-7-9-31(10-8-18)21(33)12-32/h3,6,11,14,17-18,29,32H,4-5,7-10,12-13H2,1-2H3,(H,30,34). The van der Waals surface area contributed by atoms with Crippen LogP contribution in [0.4, 0.5) is 0 Å². The molecule has 0 spiro atoms. The minimum atomic E-state index is -0.484. The number of carbonyl (C=O) groups is 2. The van der Waals surface area contributed by atoms with Crippen molar-refractivity contribution in [3.8, 4) is 17.0 Å². The number of fused-ring (bicyclic) bond motifs is 1. The molecule has 0 unspecified atom stereocenters. The van der Waals surface area contributed by atoms with Gasteiger partial charge in [-0.25, -0.2) is 9.97 Å². The van der Waals surface area contributed by atoms with E-state index in [0.717, 1.165) is 22.6 Å². The van der Waals surface area contributed by atoms with Crippen molar-refractivity contribution in [3.63, 3.8) is 0 Å². The number of aryl methyl sites for hydroxylation is 2. The van der Waals surface area contributed by atoms with Crippen LogP contribution in [0, 0.1) is 19.8 Å². The highest BCUT2D eigenvalue weighted by molar-refractivity contribution is 6.09. The van der Waals surface area contributed by atoms with Crippen LogP contribution in [0.5, 0.6) is 5.75 Å². The van der Waals surface area contributed by atoms with Gasteiger partial charge in [-0.15, -0.1) is 0 Å². The highest BCUT2D eigenvalue weighted by Crippen LogP contribution is 2.37. The Hall–Kier alpha value is -3.46. The van der Waals surface area contributed by atoms with Crippen LogP contribution in [-0.4, -0.2) is 69.1 Å². The molecule has 1 saturated carbocycles. The first-order valence-corrected chi connectivity index (χ1v) is 12.2. The molecular formula is C26H31N5O4. The Kier molecular flexibility index (Phi) is 6.42. The Morgan fingerprint density at radius 1 is 1.17 bits per heavy atom. The topological polar surface area (TPSA) is 120 Å². The minimum Gasteiger partial charge on any atom is -0.493 e. The van der Waals surface area contributed by atoms with Crippen LogP contribution in [0.1, 0.15) is 47.3 Å². The highest BCUT2D eigenvalue weighted by Gasteiger charge is 2.27. The van der Waals surface area contributed by atoms with Crippen LogP contribution >= 0.6 is 0 Å². The van der Waals surface area contributed by atoms with E-state index < -0.39 is 6.61 Å². The quantitative estimate of drug-likeness (QED) is 0.481. The van der Waals surface area contributed by atoms with Crippen LogP contribution in [-0.2, 0) is 4.79 Å². The van der Waals surface area contributed by atoms with E-state index in [4.69, 9.17) is 9.84 Å². The molecule has 2 aromatic heterocycles. The number of aromatic amines is 1. The number of hydrogen-bond acceptors (Lipinski definition) is 6. The molecule has 35 heavy (non-hydrogen) atoms. The fraction of sp³-hybridized carbons (Fsp3) is 0.462. The van der Waals surface area contributed by atoms with E-state index in [9.17, 15) is 9.59 Å². The lowest BCUT2D eigenvalue weighted by Gasteiger charge is -2.32. The molecule has 1 aromatic carbocycles. The number of hydrogen-bond donors (Lipinski definition) is 3. The number of ether oxygens (including phenoxy) is 1. The van der Waals surface area contributed by atoms with Crippen LogP contribution in [0.25, 0.3) is 22.3 Å². The van der Waals surface area contributed by atoms with Gasteiger partial charge in [0.25, 0.3) is 5.91 Å². The number of amides is 2. The summed E-state index contributed by atoms with van der Waals surface area (Å²) in [5.41, 5.74) is 5.20. The van der Waals surface area contributed by atoms with E-state index in [1.54, 1.807) is 4.90 Å². The fourth-order valence-electron chi connectivity index (χ4n) is 4.68. The summed E-state index contributed by atoms with van der Waals surface area (Å²) in [6.07, 6.45) is 5.20. The van der Waals surface area contributed by atoms with Gasteiger partial charge in [-0.2, -0.15) is 0 Å². The second-order valence-electron chi connectivity index (χ2n) is 9.61. The Bertz CT molecular complexity index is 1260. The van der Waals surface area contributed by atoms with Gasteiger partial charge >= 0.3 is 0 Å². The zero-order valence-corrected chi connectivity index (χ0v) is 20.1. The van der Waals surface area contributed by atoms with Crippen LogP contribution < -0.4 is 10.1 Å². The maximum Gasteiger partial charge on any atom is 0.255 e. The van der Waals surface area contributed by atoms with Crippen molar-refractivity contribution in [3.05, 3.63) is 41.3 Å². The second-order valence-corrected chi connectivity index (χ2v) is 9.61. The largest absolute Gasteiger partial charge is 0.493 e. The van der Waals surface area contributed by atoms with Gasteiger partial charge in [0, 0.05) is 30.4 Å². The molecule has 3 heterocycles. The number of carbonyl (C=O) groups excluding carboxylic acids is 2. The van der Waals surface area contributed by atoms with Gasteiger partial charge in [0.1, 0.15) is 29.9 Å². The van der Waals surface area contributed by atoms with Crippen molar-refractivity contribution in [2.24, 2.45) is 5.92 Å². The summed E-state index contributed by atoms with van der Waals surface area (Å²) in [5.74, 6) is 0.944. The van der Waals surface area contributed by atoms with Crippen molar-refractivity contribution in [2.75, 3.05) is 26.3 Å². The average Bonchev–Trinajstić information content (AvgIpc) is 3.62. The minimum absolute atomic E-state index is 0.0462. The molecule has 0 bridgehead atoms. The molecule has 1 saturated heterocycles. The summed E-state index contributed by atoms with van der Waals surface area (Å²) in [6, 6.07) is 6.03. The van der Waals surface area contributed by atoms with E-state index in [2.05, 4.69) is 26.3 Å². The number of nitrogens with zero attached hydrogens (tertiary/aromatic N) is 3. The Morgan fingerprint density at radius 3 is 2.66 bits per heavy atom. The molecule has 0 atom stereocenters. The zero-order chi connectivity index (χ0) is 24.5. The van der Waals surface area contributed by atoms with E-state index >= 15 is 0 Å². The number of aliphatic hydroxyl groups excluding tert-OH is 1. The third kappa shape index (κ3) is 4.86. The smallest absolute Gasteiger partial charge is 0.255 e. The number of H-pyrrole nitrogens is 1. The first kappa shape index (κ1) is 23.3.